The van der Waals surface area contributed by atoms with E-state index in [0.717, 1.165) is 0 Å². The number of Topliss-reactive ketones (excluding diaryl/α,β-unsaturated/α-hetero) is 1. The molecule has 0 spiro atoms. The topological polar surface area (TPSA) is 433 Å². The normalized spacial score (nSPS) is 28.8. The molecular formula is C54H69N5O22. The molecule has 1 saturated carbocycles. The van der Waals surface area contributed by atoms with E-state index in [0.29, 0.717) is 6.42 Å². The van der Waals surface area contributed by atoms with E-state index in [1.807, 2.05) is 13.8 Å². The van der Waals surface area contributed by atoms with Crippen molar-refractivity contribution in [2.75, 3.05) is 13.7 Å². The predicted octanol–water partition coefficient (Wildman–Crippen LogP) is -0.839. The molecule has 2 heterocycles. The van der Waals surface area contributed by atoms with Crippen molar-refractivity contribution in [3.05, 3.63) is 51.6 Å². The van der Waals surface area contributed by atoms with Gasteiger partial charge in [0.25, 0.3) is 0 Å². The summed E-state index contributed by atoms with van der Waals surface area (Å²) in [7, 11) is 1.28. The molecule has 0 radical (unpaired) electrons. The third-order valence-electron chi connectivity index (χ3n) is 15.7. The first kappa shape index (κ1) is 61.5. The number of rotatable bonds is 23. The summed E-state index contributed by atoms with van der Waals surface area (Å²) in [5.41, 5.74) is -4.37. The van der Waals surface area contributed by atoms with Gasteiger partial charge in [0.15, 0.2) is 17.9 Å². The lowest BCUT2D eigenvalue weighted by Gasteiger charge is -2.44. The molecule has 81 heavy (non-hydrogen) atoms. The summed E-state index contributed by atoms with van der Waals surface area (Å²) in [6, 6.07) is -1.26. The Kier molecular flexibility index (Phi) is 18.3. The number of ether oxygens (including phenoxy) is 4. The van der Waals surface area contributed by atoms with Crippen molar-refractivity contribution in [2.24, 2.45) is 35.5 Å². The maximum Gasteiger partial charge on any atom is 0.308 e. The molecule has 3 fully saturated rings. The highest BCUT2D eigenvalue weighted by atomic mass is 16.7. The lowest BCUT2D eigenvalue weighted by molar-refractivity contribution is -0.250. The molecule has 5 aliphatic rings. The molecule has 0 aromatic heterocycles. The number of nitrogens with one attached hydrogen (secondary N) is 5. The zero-order chi connectivity index (χ0) is 60.0. The number of carbonyl (C=O) groups is 10. The van der Waals surface area contributed by atoms with Crippen LogP contribution in [0.5, 0.6) is 17.2 Å². The fraction of sp³-hybridized carbons (Fsp3) is 0.593. The number of ketones is 3. The average molecular weight is 1140 g/mol. The van der Waals surface area contributed by atoms with Crippen LogP contribution < -0.4 is 31.3 Å². The maximum atomic E-state index is 14.1. The van der Waals surface area contributed by atoms with Crippen molar-refractivity contribution in [1.29, 1.82) is 0 Å². The number of aliphatic hydroxyl groups excluding tert-OH is 2. The molecule has 7 rings (SSSR count). The van der Waals surface area contributed by atoms with Crippen LogP contribution >= 0.6 is 0 Å². The van der Waals surface area contributed by atoms with E-state index in [-0.39, 0.29) is 52.7 Å². The van der Waals surface area contributed by atoms with Crippen LogP contribution in [0.25, 0.3) is 0 Å². The number of phenols is 2. The largest absolute Gasteiger partial charge is 0.507 e. The maximum absolute atomic E-state index is 14.1. The molecule has 3 aliphatic carbocycles. The van der Waals surface area contributed by atoms with Gasteiger partial charge in [0, 0.05) is 42.0 Å². The lowest BCUT2D eigenvalue weighted by atomic mass is 9.56. The van der Waals surface area contributed by atoms with Crippen LogP contribution in [0.4, 0.5) is 0 Å². The molecule has 4 amide bonds. The fourth-order valence-corrected chi connectivity index (χ4v) is 11.5. The summed E-state index contributed by atoms with van der Waals surface area (Å²) in [4.78, 5) is 131. The monoisotopic (exact) mass is 1140 g/mol. The number of hydrogen-bond donors (Lipinski definition) is 13. The van der Waals surface area contributed by atoms with E-state index in [4.69, 9.17) is 18.9 Å². The van der Waals surface area contributed by atoms with E-state index >= 15 is 0 Å². The SMILES string of the molecule is COc1cccc2c1C(=O)c1c(O)c3c(c(O)c1C2=O)CC(O)(C(=O)CO)CC3OC1CC(NC2OC2C(CC(C)C)NC(=O)C(C)NC(=O)C(CC(C)C)NC(=O)C(C)NC(=O)C2C(C(=O)O)C(C(=O)O)C2C(=O)O)C(O)C(C)O1. The summed E-state index contributed by atoms with van der Waals surface area (Å²) in [6.45, 7) is 10.3. The van der Waals surface area contributed by atoms with Gasteiger partial charge < -0.3 is 81.1 Å². The average Bonchev–Trinajstić information content (AvgIpc) is 3.05. The second-order valence-corrected chi connectivity index (χ2v) is 22.3. The number of aliphatic hydroxyl groups is 3. The van der Waals surface area contributed by atoms with Gasteiger partial charge >= 0.3 is 17.9 Å². The first-order chi connectivity index (χ1) is 38.0. The van der Waals surface area contributed by atoms with E-state index in [1.165, 1.54) is 46.1 Å². The number of amides is 4. The number of carboxylic acid groups (broad SMARTS) is 3. The van der Waals surface area contributed by atoms with E-state index in [1.54, 1.807) is 13.8 Å². The Labute approximate surface area is 463 Å². The van der Waals surface area contributed by atoms with Crippen molar-refractivity contribution >= 4 is 58.9 Å². The number of carboxylic acids is 3. The van der Waals surface area contributed by atoms with Crippen LogP contribution in [-0.2, 0) is 59.0 Å². The van der Waals surface area contributed by atoms with Gasteiger partial charge in [-0.05, 0) is 51.5 Å². The van der Waals surface area contributed by atoms with Crippen LogP contribution in [0.1, 0.15) is 123 Å². The number of benzene rings is 2. The van der Waals surface area contributed by atoms with Crippen molar-refractivity contribution in [3.8, 4) is 17.2 Å². The van der Waals surface area contributed by atoms with Crippen molar-refractivity contribution in [3.63, 3.8) is 0 Å². The quantitative estimate of drug-likeness (QED) is 0.0407. The molecule has 13 N–H and O–H groups in total. The molecular weight excluding hydrogens is 1070 g/mol. The Bertz CT molecular complexity index is 2870. The van der Waals surface area contributed by atoms with Crippen LogP contribution in [0.2, 0.25) is 0 Å². The number of methoxy groups -OCH3 is 1. The molecule has 27 nitrogen and oxygen atoms in total. The molecule has 27 heteroatoms. The molecule has 2 aromatic rings. The van der Waals surface area contributed by atoms with Crippen molar-refractivity contribution in [2.45, 2.75) is 153 Å². The Morgan fingerprint density at radius 3 is 1.90 bits per heavy atom. The zero-order valence-electron chi connectivity index (χ0n) is 45.6. The number of carbonyl (C=O) groups excluding carboxylic acids is 7. The summed E-state index contributed by atoms with van der Waals surface area (Å²) < 4.78 is 23.8. The number of aliphatic carboxylic acids is 3. The minimum absolute atomic E-state index is 0.0149. The van der Waals surface area contributed by atoms with Gasteiger partial charge in [0.2, 0.25) is 29.4 Å². The summed E-state index contributed by atoms with van der Waals surface area (Å²) in [5.74, 6) is -20.7. The Morgan fingerprint density at radius 1 is 0.741 bits per heavy atom. The predicted molar refractivity (Wildman–Crippen MR) is 274 cm³/mol. The number of fused-ring (bicyclic) bond motifs is 3. The Hall–Kier alpha value is -7.14. The highest BCUT2D eigenvalue weighted by molar-refractivity contribution is 6.31. The third kappa shape index (κ3) is 12.2. The van der Waals surface area contributed by atoms with Gasteiger partial charge in [-0.15, -0.1) is 0 Å². The van der Waals surface area contributed by atoms with Gasteiger partial charge in [0.05, 0.1) is 71.8 Å². The van der Waals surface area contributed by atoms with Gasteiger partial charge in [-0.2, -0.15) is 0 Å². The standard InChI is InChI=1S/C54H69N5O22/c1-18(2)12-26(57-46(67)20(5)55-48(69)27(13-19(3)4)58-47(68)21(6)56-49(70)34-35(51(71)72)37(53(75)76)36(34)52(73)74)45-50(81-45)59-25-14-31(79-22(7)40(25)62)80-29-16-54(77,30(61)17-60)15-24-33(29)44(66)39-38(42(24)64)41(63)23-10-9-11-28(78-8)32(23)43(39)65/h9-11,18-22,25-27,29,31,34-37,40,45,50,59-60,62,64,66,77H,12-17H2,1-8H3,(H,55,69)(H,56,70)(H,57,67)(H,58,68)(H,71,72)(H,73,74)(H,75,76). The minimum atomic E-state index is -2.41. The molecule has 0 bridgehead atoms. The number of hydrogen-bond acceptors (Lipinski definition) is 20. The third-order valence-corrected chi connectivity index (χ3v) is 15.7. The number of epoxide rings is 1. The van der Waals surface area contributed by atoms with Crippen LogP contribution in [-0.4, -0.2) is 180 Å². The van der Waals surface area contributed by atoms with E-state index in [9.17, 15) is 88.8 Å². The zero-order valence-corrected chi connectivity index (χ0v) is 45.6. The lowest BCUT2D eigenvalue weighted by Crippen LogP contribution is -2.63. The molecule has 2 aliphatic heterocycles. The van der Waals surface area contributed by atoms with E-state index in [2.05, 4.69) is 26.6 Å². The first-order valence-electron chi connectivity index (χ1n) is 26.5. The minimum Gasteiger partial charge on any atom is -0.507 e. The van der Waals surface area contributed by atoms with Crippen molar-refractivity contribution < 1.29 is 108 Å². The molecule has 14 unspecified atom stereocenters. The molecule has 442 valence electrons. The van der Waals surface area contributed by atoms with E-state index < -0.39 is 197 Å². The number of phenolic OH excluding ortho intramolecular Hbond substituents is 2. The summed E-state index contributed by atoms with van der Waals surface area (Å²) >= 11 is 0. The smallest absolute Gasteiger partial charge is 0.308 e. The van der Waals surface area contributed by atoms with Gasteiger partial charge in [-0.25, -0.2) is 0 Å². The van der Waals surface area contributed by atoms with Gasteiger partial charge in [-0.3, -0.25) is 53.3 Å². The highest BCUT2D eigenvalue weighted by Gasteiger charge is 2.64. The molecule has 14 atom stereocenters. The summed E-state index contributed by atoms with van der Waals surface area (Å²) in [6.07, 6.45) is -7.53. The molecule has 2 aromatic carbocycles. The fourth-order valence-electron chi connectivity index (χ4n) is 11.5. The summed E-state index contributed by atoms with van der Waals surface area (Å²) in [5, 5.41) is 98.9. The van der Waals surface area contributed by atoms with Crippen LogP contribution in [0, 0.1) is 35.5 Å². The molecule has 2 saturated heterocycles. The Balaban J connectivity index is 1.01. The van der Waals surface area contributed by atoms with Crippen LogP contribution in [0.15, 0.2) is 18.2 Å². The number of aromatic hydroxyl groups is 2. The van der Waals surface area contributed by atoms with Gasteiger partial charge in [-0.1, -0.05) is 39.8 Å². The van der Waals surface area contributed by atoms with Gasteiger partial charge in [0.1, 0.15) is 59.9 Å². The highest BCUT2D eigenvalue weighted by Crippen LogP contribution is 2.53. The first-order valence-corrected chi connectivity index (χ1v) is 26.5. The Morgan fingerprint density at radius 2 is 1.32 bits per heavy atom. The van der Waals surface area contributed by atoms with Crippen molar-refractivity contribution in [1.82, 2.24) is 26.6 Å². The van der Waals surface area contributed by atoms with Crippen LogP contribution in [0.3, 0.4) is 0 Å². The second-order valence-electron chi connectivity index (χ2n) is 22.3. The second kappa shape index (κ2) is 24.1.